The van der Waals surface area contributed by atoms with Crippen molar-refractivity contribution >= 4 is 18.3 Å². The monoisotopic (exact) mass is 356 g/mol. The van der Waals surface area contributed by atoms with Gasteiger partial charge in [0.25, 0.3) is 0 Å². The number of hydrogen-bond donors (Lipinski definition) is 3. The minimum atomic E-state index is -4.93. The van der Waals surface area contributed by atoms with Crippen molar-refractivity contribution in [1.29, 1.82) is 0 Å². The van der Waals surface area contributed by atoms with Crippen LogP contribution >= 0.6 is 12.4 Å². The summed E-state index contributed by atoms with van der Waals surface area (Å²) in [6, 6.07) is 6.59. The van der Waals surface area contributed by atoms with Gasteiger partial charge >= 0.3 is 6.18 Å². The lowest BCUT2D eigenvalue weighted by Gasteiger charge is -2.31. The van der Waals surface area contributed by atoms with Crippen LogP contribution in [0.5, 0.6) is 0 Å². The summed E-state index contributed by atoms with van der Waals surface area (Å²) in [5.41, 5.74) is 1.84. The van der Waals surface area contributed by atoms with E-state index in [1.807, 2.05) is 0 Å². The predicted molar refractivity (Wildman–Crippen MR) is 81.1 cm³/mol. The molecule has 23 heavy (non-hydrogen) atoms. The Hall–Kier alpha value is -1.35. The Labute approximate surface area is 138 Å². The minimum Gasteiger partial charge on any atom is -0.380 e. The van der Waals surface area contributed by atoms with Crippen molar-refractivity contribution in [3.8, 4) is 0 Å². The molecule has 0 bridgehead atoms. The molecular formula is C14H20ClF3N2O3. The number of benzene rings is 1. The van der Waals surface area contributed by atoms with Crippen molar-refractivity contribution in [2.75, 3.05) is 20.2 Å². The van der Waals surface area contributed by atoms with Crippen LogP contribution in [0.1, 0.15) is 12.0 Å². The van der Waals surface area contributed by atoms with Crippen LogP contribution < -0.4 is 11.1 Å². The van der Waals surface area contributed by atoms with Crippen LogP contribution in [0.2, 0.25) is 0 Å². The van der Waals surface area contributed by atoms with Crippen molar-refractivity contribution in [2.45, 2.75) is 24.3 Å². The molecule has 1 rings (SSSR count). The van der Waals surface area contributed by atoms with E-state index in [2.05, 4.69) is 5.32 Å². The molecule has 9 heteroatoms. The molecule has 0 aliphatic rings. The molecule has 4 N–H and O–H groups in total. The minimum absolute atomic E-state index is 0. The average molecular weight is 357 g/mol. The Balaban J connectivity index is 0.00000484. The first-order valence-electron chi connectivity index (χ1n) is 6.58. The standard InChI is InChI=1S/C14H19F3N2O3.ClH/c1-22-11(8-18)7-12(20)19-9-13(21,14(15,16)17)10-5-3-2-4-6-10;/h2-6,11,21H,7-9,18H2,1H3,(H,19,20);1H. The van der Waals surface area contributed by atoms with Crippen molar-refractivity contribution in [2.24, 2.45) is 5.73 Å². The van der Waals surface area contributed by atoms with Gasteiger partial charge in [0, 0.05) is 13.7 Å². The van der Waals surface area contributed by atoms with Crippen LogP contribution in [0.25, 0.3) is 0 Å². The second-order valence-corrected chi connectivity index (χ2v) is 4.80. The number of methoxy groups -OCH3 is 1. The van der Waals surface area contributed by atoms with Crippen LogP contribution in [0.15, 0.2) is 30.3 Å². The molecule has 0 saturated carbocycles. The third kappa shape index (κ3) is 5.65. The number of alkyl halides is 3. The molecule has 1 amide bonds. The maximum atomic E-state index is 13.2. The average Bonchev–Trinajstić information content (AvgIpc) is 2.50. The molecule has 0 aromatic heterocycles. The smallest absolute Gasteiger partial charge is 0.380 e. The van der Waals surface area contributed by atoms with E-state index in [0.717, 1.165) is 12.1 Å². The molecule has 2 atom stereocenters. The number of halogens is 4. The number of nitrogens with one attached hydrogen (secondary N) is 1. The van der Waals surface area contributed by atoms with Crippen molar-refractivity contribution in [3.63, 3.8) is 0 Å². The van der Waals surface area contributed by atoms with Gasteiger partial charge in [0.15, 0.2) is 0 Å². The molecule has 0 aliphatic heterocycles. The van der Waals surface area contributed by atoms with E-state index in [1.54, 1.807) is 0 Å². The van der Waals surface area contributed by atoms with Gasteiger partial charge in [0.2, 0.25) is 11.5 Å². The SMILES string of the molecule is COC(CN)CC(=O)NCC(O)(c1ccccc1)C(F)(F)F.Cl. The summed E-state index contributed by atoms with van der Waals surface area (Å²) in [5, 5.41) is 12.1. The molecule has 0 fully saturated rings. The molecule has 1 aromatic rings. The van der Waals surface area contributed by atoms with Gasteiger partial charge in [-0.05, 0) is 5.56 Å². The highest BCUT2D eigenvalue weighted by molar-refractivity contribution is 5.85. The Morgan fingerprint density at radius 3 is 2.35 bits per heavy atom. The summed E-state index contributed by atoms with van der Waals surface area (Å²) in [7, 11) is 1.35. The third-order valence-electron chi connectivity index (χ3n) is 3.27. The third-order valence-corrected chi connectivity index (χ3v) is 3.27. The number of nitrogens with two attached hydrogens (primary N) is 1. The largest absolute Gasteiger partial charge is 0.423 e. The second kappa shape index (κ2) is 9.07. The molecule has 0 radical (unpaired) electrons. The summed E-state index contributed by atoms with van der Waals surface area (Å²) in [4.78, 5) is 11.7. The number of carbonyl (C=O) groups is 1. The lowest BCUT2D eigenvalue weighted by molar-refractivity contribution is -0.264. The first kappa shape index (κ1) is 21.6. The van der Waals surface area contributed by atoms with Gasteiger partial charge in [-0.15, -0.1) is 12.4 Å². The Bertz CT molecular complexity index is 484. The summed E-state index contributed by atoms with van der Waals surface area (Å²) in [5.74, 6) is -0.684. The number of aliphatic hydroxyl groups is 1. The molecule has 132 valence electrons. The molecular weight excluding hydrogens is 337 g/mol. The van der Waals surface area contributed by atoms with Gasteiger partial charge in [0.05, 0.1) is 19.1 Å². The predicted octanol–water partition coefficient (Wildman–Crippen LogP) is 1.34. The molecule has 5 nitrogen and oxygen atoms in total. The first-order chi connectivity index (χ1) is 10.2. The van der Waals surface area contributed by atoms with Crippen LogP contribution in [0.3, 0.4) is 0 Å². The lowest BCUT2D eigenvalue weighted by Crippen LogP contribution is -2.51. The molecule has 2 unspecified atom stereocenters. The summed E-state index contributed by atoms with van der Waals surface area (Å²) in [6.45, 7) is -0.924. The quantitative estimate of drug-likeness (QED) is 0.688. The van der Waals surface area contributed by atoms with E-state index in [9.17, 15) is 23.1 Å². The number of rotatable bonds is 7. The highest BCUT2D eigenvalue weighted by Crippen LogP contribution is 2.38. The Kier molecular flexibility index (Phi) is 8.54. The van der Waals surface area contributed by atoms with Crippen molar-refractivity contribution in [1.82, 2.24) is 5.32 Å². The Morgan fingerprint density at radius 1 is 1.35 bits per heavy atom. The number of hydrogen-bond acceptors (Lipinski definition) is 4. The maximum Gasteiger partial charge on any atom is 0.423 e. The maximum absolute atomic E-state index is 13.2. The van der Waals surface area contributed by atoms with Crippen LogP contribution in [0.4, 0.5) is 13.2 Å². The first-order valence-corrected chi connectivity index (χ1v) is 6.58. The van der Waals surface area contributed by atoms with E-state index in [4.69, 9.17) is 10.5 Å². The topological polar surface area (TPSA) is 84.6 Å². The van der Waals surface area contributed by atoms with Crippen molar-refractivity contribution in [3.05, 3.63) is 35.9 Å². The number of carbonyl (C=O) groups excluding carboxylic acids is 1. The van der Waals surface area contributed by atoms with Crippen LogP contribution in [-0.4, -0.2) is 43.5 Å². The van der Waals surface area contributed by atoms with Crippen molar-refractivity contribution < 1.29 is 27.8 Å². The van der Waals surface area contributed by atoms with E-state index in [0.29, 0.717) is 0 Å². The summed E-state index contributed by atoms with van der Waals surface area (Å²) >= 11 is 0. The van der Waals surface area contributed by atoms with Gasteiger partial charge in [-0.1, -0.05) is 30.3 Å². The van der Waals surface area contributed by atoms with E-state index < -0.39 is 30.3 Å². The second-order valence-electron chi connectivity index (χ2n) is 4.80. The van der Waals surface area contributed by atoms with Crippen LogP contribution in [-0.2, 0) is 15.1 Å². The highest BCUT2D eigenvalue weighted by atomic mass is 35.5. The zero-order chi connectivity index (χ0) is 16.8. The number of amides is 1. The van der Waals surface area contributed by atoms with E-state index in [1.165, 1.54) is 25.3 Å². The van der Waals surface area contributed by atoms with E-state index >= 15 is 0 Å². The summed E-state index contributed by atoms with van der Waals surface area (Å²) in [6.07, 6.45) is -5.71. The molecule has 0 saturated heterocycles. The molecule has 0 heterocycles. The van der Waals surface area contributed by atoms with Gasteiger partial charge in [-0.3, -0.25) is 4.79 Å². The fraction of sp³-hybridized carbons (Fsp3) is 0.500. The highest BCUT2D eigenvalue weighted by Gasteiger charge is 2.55. The Morgan fingerprint density at radius 2 is 1.91 bits per heavy atom. The van der Waals surface area contributed by atoms with Gasteiger partial charge < -0.3 is 20.9 Å². The van der Waals surface area contributed by atoms with Gasteiger partial charge in [-0.25, -0.2) is 0 Å². The molecule has 1 aromatic carbocycles. The zero-order valence-corrected chi connectivity index (χ0v) is 13.3. The molecule has 0 aliphatic carbocycles. The van der Waals surface area contributed by atoms with Gasteiger partial charge in [0.1, 0.15) is 0 Å². The van der Waals surface area contributed by atoms with E-state index in [-0.39, 0.29) is 30.9 Å². The van der Waals surface area contributed by atoms with Gasteiger partial charge in [-0.2, -0.15) is 13.2 Å². The fourth-order valence-electron chi connectivity index (χ4n) is 1.85. The zero-order valence-electron chi connectivity index (χ0n) is 12.5. The molecule has 0 spiro atoms. The normalized spacial score (nSPS) is 15.2. The van der Waals surface area contributed by atoms with Crippen LogP contribution in [0, 0.1) is 0 Å². The summed E-state index contributed by atoms with van der Waals surface area (Å²) < 4.78 is 44.5. The fourth-order valence-corrected chi connectivity index (χ4v) is 1.85. The number of ether oxygens (including phenoxy) is 1. The lowest BCUT2D eigenvalue weighted by atomic mass is 9.93.